The molecule has 7 heteroatoms. The van der Waals surface area contributed by atoms with E-state index in [1.54, 1.807) is 18.2 Å². The van der Waals surface area contributed by atoms with Crippen molar-refractivity contribution >= 4 is 33.4 Å². The summed E-state index contributed by atoms with van der Waals surface area (Å²) in [5, 5.41) is 8.19. The number of aryl methyl sites for hydroxylation is 1. The Labute approximate surface area is 206 Å². The van der Waals surface area contributed by atoms with Crippen molar-refractivity contribution in [1.29, 1.82) is 0 Å². The summed E-state index contributed by atoms with van der Waals surface area (Å²) < 4.78 is 8.59. The topological polar surface area (TPSA) is 56.2 Å². The lowest BCUT2D eigenvalue weighted by molar-refractivity contribution is 0.0951. The lowest BCUT2D eigenvalue weighted by Crippen LogP contribution is -2.23. The van der Waals surface area contributed by atoms with Crippen molar-refractivity contribution in [2.24, 2.45) is 0 Å². The summed E-state index contributed by atoms with van der Waals surface area (Å²) in [7, 11) is 0. The molecule has 5 nitrogen and oxygen atoms in total. The largest absolute Gasteiger partial charge is 0.487 e. The molecule has 0 spiro atoms. The van der Waals surface area contributed by atoms with Crippen molar-refractivity contribution in [2.45, 2.75) is 27.0 Å². The molecule has 4 rings (SSSR count). The quantitative estimate of drug-likeness (QED) is 0.304. The molecular weight excluding hydrogens is 502 g/mol. The van der Waals surface area contributed by atoms with Crippen LogP contribution in [0.3, 0.4) is 0 Å². The van der Waals surface area contributed by atoms with Crippen LogP contribution < -0.4 is 10.1 Å². The van der Waals surface area contributed by atoms with Gasteiger partial charge in [-0.3, -0.25) is 4.79 Å². The van der Waals surface area contributed by atoms with Gasteiger partial charge in [-0.05, 0) is 61.9 Å². The number of hydrogen-bond acceptors (Lipinski definition) is 3. The fourth-order valence-electron chi connectivity index (χ4n) is 3.53. The van der Waals surface area contributed by atoms with Gasteiger partial charge in [0.1, 0.15) is 12.4 Å². The first-order valence-corrected chi connectivity index (χ1v) is 11.6. The lowest BCUT2D eigenvalue weighted by Gasteiger charge is -2.10. The van der Waals surface area contributed by atoms with Gasteiger partial charge in [0.15, 0.2) is 0 Å². The molecule has 0 unspecified atom stereocenters. The van der Waals surface area contributed by atoms with Gasteiger partial charge in [0.25, 0.3) is 5.91 Å². The number of carbonyl (C=O) groups excluding carboxylic acids is 1. The van der Waals surface area contributed by atoms with E-state index in [0.29, 0.717) is 29.5 Å². The van der Waals surface area contributed by atoms with E-state index in [1.165, 1.54) is 0 Å². The number of nitrogens with zero attached hydrogens (tertiary/aromatic N) is 2. The second kappa shape index (κ2) is 10.2. The molecule has 33 heavy (non-hydrogen) atoms. The number of carbonyl (C=O) groups is 1. The minimum absolute atomic E-state index is 0.135. The van der Waals surface area contributed by atoms with Crippen LogP contribution >= 0.6 is 27.5 Å². The van der Waals surface area contributed by atoms with E-state index in [-0.39, 0.29) is 5.91 Å². The molecule has 0 saturated carbocycles. The zero-order chi connectivity index (χ0) is 23.4. The first-order chi connectivity index (χ1) is 15.9. The fraction of sp³-hybridized carbons (Fsp3) is 0.154. The summed E-state index contributed by atoms with van der Waals surface area (Å²) in [6.07, 6.45) is 0. The summed E-state index contributed by atoms with van der Waals surface area (Å²) in [5.74, 6) is 0.480. The highest BCUT2D eigenvalue weighted by Crippen LogP contribution is 2.28. The number of rotatable bonds is 7. The van der Waals surface area contributed by atoms with Crippen LogP contribution in [-0.2, 0) is 13.2 Å². The number of nitrogens with one attached hydrogen (secondary N) is 1. The molecule has 3 aromatic carbocycles. The zero-order valence-corrected chi connectivity index (χ0v) is 20.7. The molecule has 0 aliphatic heterocycles. The van der Waals surface area contributed by atoms with Gasteiger partial charge in [-0.25, -0.2) is 4.68 Å². The van der Waals surface area contributed by atoms with Gasteiger partial charge in [-0.2, -0.15) is 5.10 Å². The molecule has 1 N–H and O–H groups in total. The maximum Gasteiger partial charge on any atom is 0.251 e. The highest BCUT2D eigenvalue weighted by atomic mass is 79.9. The van der Waals surface area contributed by atoms with Gasteiger partial charge in [0, 0.05) is 27.8 Å². The van der Waals surface area contributed by atoms with Gasteiger partial charge in [-0.1, -0.05) is 57.9 Å². The van der Waals surface area contributed by atoms with Gasteiger partial charge < -0.3 is 10.1 Å². The fourth-order valence-corrected chi connectivity index (χ4v) is 4.26. The average Bonchev–Trinajstić information content (AvgIpc) is 3.11. The number of benzene rings is 3. The highest BCUT2D eigenvalue weighted by Gasteiger charge is 2.14. The Kier molecular flexibility index (Phi) is 7.16. The number of hydrogen-bond donors (Lipinski definition) is 1. The SMILES string of the molecule is Cc1nn(-c2ccccc2)c(C)c1CNC(=O)c1ccc(COc2ccc(Br)cc2Cl)cc1. The molecule has 1 amide bonds. The third-order valence-electron chi connectivity index (χ3n) is 5.37. The van der Waals surface area contributed by atoms with E-state index >= 15 is 0 Å². The molecule has 0 atom stereocenters. The van der Waals surface area contributed by atoms with Crippen molar-refractivity contribution < 1.29 is 9.53 Å². The lowest BCUT2D eigenvalue weighted by atomic mass is 10.1. The van der Waals surface area contributed by atoms with Crippen molar-refractivity contribution in [3.63, 3.8) is 0 Å². The number of para-hydroxylation sites is 1. The predicted octanol–water partition coefficient (Wildman–Crippen LogP) is 6.41. The molecule has 0 aliphatic carbocycles. The van der Waals surface area contributed by atoms with Gasteiger partial charge in [0.2, 0.25) is 0 Å². The van der Waals surface area contributed by atoms with Crippen molar-refractivity contribution in [1.82, 2.24) is 15.1 Å². The summed E-state index contributed by atoms with van der Waals surface area (Å²) in [6, 6.07) is 22.8. The maximum absolute atomic E-state index is 12.7. The Morgan fingerprint density at radius 3 is 2.48 bits per heavy atom. The second-order valence-corrected chi connectivity index (χ2v) is 8.96. The Morgan fingerprint density at radius 1 is 1.06 bits per heavy atom. The van der Waals surface area contributed by atoms with Crippen molar-refractivity contribution in [3.05, 3.63) is 110 Å². The number of halogens is 2. The Bertz CT molecular complexity index is 1270. The Morgan fingerprint density at radius 2 is 1.79 bits per heavy atom. The van der Waals surface area contributed by atoms with Crippen LogP contribution in [0.2, 0.25) is 5.02 Å². The normalized spacial score (nSPS) is 10.8. The van der Waals surface area contributed by atoms with Crippen LogP contribution in [0.5, 0.6) is 5.75 Å². The van der Waals surface area contributed by atoms with E-state index in [9.17, 15) is 4.79 Å². The molecule has 0 saturated heterocycles. The Hall–Kier alpha value is -3.09. The number of aromatic nitrogens is 2. The first-order valence-electron chi connectivity index (χ1n) is 10.5. The maximum atomic E-state index is 12.7. The van der Waals surface area contributed by atoms with Crippen LogP contribution in [0.1, 0.15) is 32.9 Å². The summed E-state index contributed by atoms with van der Waals surface area (Å²) >= 11 is 9.57. The third-order valence-corrected chi connectivity index (χ3v) is 6.16. The average molecular weight is 525 g/mol. The van der Waals surface area contributed by atoms with Gasteiger partial charge in [-0.15, -0.1) is 0 Å². The van der Waals surface area contributed by atoms with Crippen LogP contribution in [0.15, 0.2) is 77.3 Å². The minimum Gasteiger partial charge on any atom is -0.487 e. The predicted molar refractivity (Wildman–Crippen MR) is 134 cm³/mol. The number of ether oxygens (including phenoxy) is 1. The monoisotopic (exact) mass is 523 g/mol. The smallest absolute Gasteiger partial charge is 0.251 e. The van der Waals surface area contributed by atoms with E-state index in [0.717, 1.165) is 32.7 Å². The number of amides is 1. The molecule has 0 bridgehead atoms. The molecule has 1 aromatic heterocycles. The van der Waals surface area contributed by atoms with E-state index in [4.69, 9.17) is 16.3 Å². The Balaban J connectivity index is 1.37. The molecule has 0 fully saturated rings. The van der Waals surface area contributed by atoms with Gasteiger partial charge in [0.05, 0.1) is 16.4 Å². The first kappa shape index (κ1) is 23.1. The van der Waals surface area contributed by atoms with Crippen LogP contribution in [0, 0.1) is 13.8 Å². The van der Waals surface area contributed by atoms with Gasteiger partial charge >= 0.3 is 0 Å². The molecular formula is C26H23BrClN3O2. The van der Waals surface area contributed by atoms with Crippen molar-refractivity contribution in [3.8, 4) is 11.4 Å². The zero-order valence-electron chi connectivity index (χ0n) is 18.3. The molecule has 1 heterocycles. The summed E-state index contributed by atoms with van der Waals surface area (Å²) in [6.45, 7) is 4.75. The van der Waals surface area contributed by atoms with E-state index < -0.39 is 0 Å². The molecule has 0 radical (unpaired) electrons. The standard InChI is InChI=1S/C26H23BrClN3O2/c1-17-23(18(2)31(30-17)22-6-4-3-5-7-22)15-29-26(32)20-10-8-19(9-11-20)16-33-25-13-12-21(27)14-24(25)28/h3-14H,15-16H2,1-2H3,(H,29,32). The second-order valence-electron chi connectivity index (χ2n) is 7.64. The van der Waals surface area contributed by atoms with E-state index in [2.05, 4.69) is 26.3 Å². The third kappa shape index (κ3) is 5.46. The molecule has 4 aromatic rings. The molecule has 168 valence electrons. The van der Waals surface area contributed by atoms with Crippen LogP contribution in [0.4, 0.5) is 0 Å². The van der Waals surface area contributed by atoms with Crippen LogP contribution in [0.25, 0.3) is 5.69 Å². The van der Waals surface area contributed by atoms with Crippen LogP contribution in [-0.4, -0.2) is 15.7 Å². The summed E-state index contributed by atoms with van der Waals surface area (Å²) in [4.78, 5) is 12.7. The highest BCUT2D eigenvalue weighted by molar-refractivity contribution is 9.10. The minimum atomic E-state index is -0.135. The molecule has 0 aliphatic rings. The van der Waals surface area contributed by atoms with E-state index in [1.807, 2.05) is 73.1 Å². The summed E-state index contributed by atoms with van der Waals surface area (Å²) in [5.41, 5.74) is 5.46. The van der Waals surface area contributed by atoms with Crippen molar-refractivity contribution in [2.75, 3.05) is 0 Å².